The number of anilines is 7. The van der Waals surface area contributed by atoms with E-state index in [1.54, 1.807) is 0 Å². The van der Waals surface area contributed by atoms with Crippen LogP contribution in [0.25, 0.3) is 27.5 Å². The Balaban J connectivity index is 1.18. The average Bonchev–Trinajstić information content (AvgIpc) is 1.57. The average molecular weight is 1140 g/mol. The Labute approximate surface area is 520 Å². The number of hydrogen-bond acceptors (Lipinski definition) is 4. The Morgan fingerprint density at radius 2 is 1.07 bits per heavy atom. The SMILES string of the molecule is CC(C)(C)C1=CC(c2ccccc2)C(N2c3cc(N(c4ccc(C(C)(C)C)cc4)c4ccc(C(C)(C)C)cc4)cc4c3B(c3cc(C(C)(C)C)cc5c3N4C3(C)CCCCC53C)c3ccc4c(oc5cc(C(C)(C)C)ccc54)c32)C(c2ccccc2)=C1. The summed E-state index contributed by atoms with van der Waals surface area (Å²) in [6.07, 6.45) is 9.87. The van der Waals surface area contributed by atoms with Gasteiger partial charge in [0.05, 0.1) is 23.0 Å². The molecule has 5 heteroatoms. The van der Waals surface area contributed by atoms with Crippen molar-refractivity contribution in [3.63, 3.8) is 0 Å². The van der Waals surface area contributed by atoms with Crippen LogP contribution in [0.4, 0.5) is 39.8 Å². The minimum atomic E-state index is -0.221. The van der Waals surface area contributed by atoms with Gasteiger partial charge in [0.2, 0.25) is 0 Å². The zero-order chi connectivity index (χ0) is 61.3. The molecular weight excluding hydrogens is 1050 g/mol. The molecule has 0 spiro atoms. The smallest absolute Gasteiger partial charge is 0.252 e. The maximum atomic E-state index is 7.75. The minimum Gasteiger partial charge on any atom is -0.454 e. The molecule has 2 aliphatic carbocycles. The van der Waals surface area contributed by atoms with Gasteiger partial charge in [-0.3, -0.25) is 0 Å². The van der Waals surface area contributed by atoms with Crippen LogP contribution in [0.3, 0.4) is 0 Å². The summed E-state index contributed by atoms with van der Waals surface area (Å²) < 4.78 is 7.75. The Bertz CT molecular complexity index is 4220. The predicted octanol–water partition coefficient (Wildman–Crippen LogP) is 20.5. The molecule has 0 radical (unpaired) electrons. The summed E-state index contributed by atoms with van der Waals surface area (Å²) in [6, 6.07) is 64.0. The third-order valence-corrected chi connectivity index (χ3v) is 21.4. The molecule has 0 amide bonds. The molecule has 0 bridgehead atoms. The monoisotopic (exact) mass is 1140 g/mol. The molecule has 14 rings (SSSR count). The fraction of sp³-hybridized carbons (Fsp3) is 0.366. The van der Waals surface area contributed by atoms with Gasteiger partial charge >= 0.3 is 0 Å². The fourth-order valence-electron chi connectivity index (χ4n) is 16.0. The Hall–Kier alpha value is -7.50. The number of hydrogen-bond donors (Lipinski definition) is 0. The topological polar surface area (TPSA) is 22.9 Å². The second kappa shape index (κ2) is 19.5. The Kier molecular flexibility index (Phi) is 12.8. The van der Waals surface area contributed by atoms with Crippen molar-refractivity contribution < 1.29 is 4.42 Å². The molecular formula is C82H90BN3O. The summed E-state index contributed by atoms with van der Waals surface area (Å²) >= 11 is 0. The van der Waals surface area contributed by atoms with Gasteiger partial charge in [-0.25, -0.2) is 0 Å². The first kappa shape index (κ1) is 57.3. The van der Waals surface area contributed by atoms with Gasteiger partial charge in [0, 0.05) is 50.5 Å². The highest BCUT2D eigenvalue weighted by molar-refractivity contribution is 7.00. The molecule has 1 saturated carbocycles. The molecule has 4 nitrogen and oxygen atoms in total. The van der Waals surface area contributed by atoms with Gasteiger partial charge in [0.1, 0.15) is 5.58 Å². The summed E-state index contributed by atoms with van der Waals surface area (Å²) in [4.78, 5) is 8.36. The standard InChI is InChI=1S/C82H90BN3O/c1-76(2,3)53-30-35-58(36-31-53)84(59-37-32-54(33-38-59)77(4,5)6)60-49-68-71-69(50-60)86-73-65(81(16)42-24-25-43-82(81,86)17)46-57(80(13,14)15)47-67(73)83(71)66-41-40-62-61-39-34-55(78(7,8)9)48-70(61)87-75(62)74(66)85(68)72-63(51-26-20-18-21-27-51)44-56(79(10,11)12)45-64(72)52-28-22-19-23-29-52/h18-23,26-41,44-50,63,72H,24-25,42-43H2,1-17H3. The molecule has 9 aromatic rings. The summed E-state index contributed by atoms with van der Waals surface area (Å²) in [5.74, 6) is -0.0663. The Morgan fingerprint density at radius 1 is 0.506 bits per heavy atom. The second-order valence-electron chi connectivity index (χ2n) is 32.2. The summed E-state index contributed by atoms with van der Waals surface area (Å²) in [5, 5.41) is 2.30. The van der Waals surface area contributed by atoms with Gasteiger partial charge in [-0.2, -0.15) is 0 Å². The quantitative estimate of drug-likeness (QED) is 0.155. The lowest BCUT2D eigenvalue weighted by atomic mass is 9.33. The van der Waals surface area contributed by atoms with Crippen LogP contribution in [0, 0.1) is 5.41 Å². The number of fused-ring (bicyclic) bond motifs is 11. The lowest BCUT2D eigenvalue weighted by Crippen LogP contribution is -2.65. The number of rotatable bonds is 6. The van der Waals surface area contributed by atoms with Crippen LogP contribution in [-0.4, -0.2) is 18.3 Å². The van der Waals surface area contributed by atoms with Crippen molar-refractivity contribution in [1.82, 2.24) is 0 Å². The van der Waals surface area contributed by atoms with Crippen LogP contribution in [0.1, 0.15) is 188 Å². The van der Waals surface area contributed by atoms with Crippen LogP contribution in [-0.2, 0) is 27.1 Å². The van der Waals surface area contributed by atoms with Crippen LogP contribution in [0.15, 0.2) is 186 Å². The van der Waals surface area contributed by atoms with Gasteiger partial charge in [-0.05, 0) is 156 Å². The lowest BCUT2D eigenvalue weighted by Gasteiger charge is -2.54. The molecule has 1 aromatic heterocycles. The highest BCUT2D eigenvalue weighted by Crippen LogP contribution is 2.63. The van der Waals surface area contributed by atoms with Gasteiger partial charge in [-0.15, -0.1) is 0 Å². The molecule has 1 fully saturated rings. The van der Waals surface area contributed by atoms with E-state index in [2.05, 4.69) is 308 Å². The first-order chi connectivity index (χ1) is 41.0. The number of furan rings is 1. The van der Waals surface area contributed by atoms with E-state index in [-0.39, 0.29) is 56.7 Å². The first-order valence-electron chi connectivity index (χ1n) is 32.6. The molecule has 4 atom stereocenters. The van der Waals surface area contributed by atoms with Crippen molar-refractivity contribution in [2.45, 2.75) is 188 Å². The van der Waals surface area contributed by atoms with E-state index in [0.717, 1.165) is 57.5 Å². The second-order valence-corrected chi connectivity index (χ2v) is 32.2. The Morgan fingerprint density at radius 3 is 1.67 bits per heavy atom. The normalized spacial score (nSPS) is 20.9. The highest BCUT2D eigenvalue weighted by atomic mass is 16.3. The van der Waals surface area contributed by atoms with Gasteiger partial charge in [0.25, 0.3) is 6.71 Å². The van der Waals surface area contributed by atoms with Gasteiger partial charge < -0.3 is 19.1 Å². The van der Waals surface area contributed by atoms with Crippen molar-refractivity contribution in [3.05, 3.63) is 220 Å². The van der Waals surface area contributed by atoms with Crippen LogP contribution >= 0.6 is 0 Å². The molecule has 442 valence electrons. The molecule has 5 aliphatic rings. The first-order valence-corrected chi connectivity index (χ1v) is 32.6. The van der Waals surface area contributed by atoms with Gasteiger partial charge in [0.15, 0.2) is 5.58 Å². The number of allylic oxidation sites excluding steroid dienone is 2. The van der Waals surface area contributed by atoms with Gasteiger partial charge in [-0.1, -0.05) is 257 Å². The molecule has 4 heterocycles. The van der Waals surface area contributed by atoms with E-state index in [9.17, 15) is 0 Å². The minimum absolute atomic E-state index is 0.0106. The molecule has 3 aliphatic heterocycles. The number of benzene rings is 8. The van der Waals surface area contributed by atoms with Crippen molar-refractivity contribution in [2.75, 3.05) is 14.7 Å². The third-order valence-electron chi connectivity index (χ3n) is 21.4. The van der Waals surface area contributed by atoms with E-state index in [4.69, 9.17) is 4.42 Å². The third kappa shape index (κ3) is 8.96. The highest BCUT2D eigenvalue weighted by Gasteiger charge is 2.62. The van der Waals surface area contributed by atoms with Crippen molar-refractivity contribution in [2.24, 2.45) is 5.41 Å². The van der Waals surface area contributed by atoms with Crippen LogP contribution in [0.5, 0.6) is 0 Å². The van der Waals surface area contributed by atoms with E-state index >= 15 is 0 Å². The maximum Gasteiger partial charge on any atom is 0.252 e. The molecule has 0 N–H and O–H groups in total. The van der Waals surface area contributed by atoms with Crippen molar-refractivity contribution in [3.8, 4) is 0 Å². The van der Waals surface area contributed by atoms with Crippen LogP contribution < -0.4 is 31.1 Å². The molecule has 8 aromatic carbocycles. The maximum absolute atomic E-state index is 7.75. The largest absolute Gasteiger partial charge is 0.454 e. The predicted molar refractivity (Wildman–Crippen MR) is 374 cm³/mol. The van der Waals surface area contributed by atoms with E-state index in [0.29, 0.717) is 0 Å². The zero-order valence-electron chi connectivity index (χ0n) is 55.1. The summed E-state index contributed by atoms with van der Waals surface area (Å²) in [7, 11) is 0. The summed E-state index contributed by atoms with van der Waals surface area (Å²) in [5.41, 5.74) is 25.9. The van der Waals surface area contributed by atoms with Crippen LogP contribution in [0.2, 0.25) is 0 Å². The molecule has 4 unspecified atom stereocenters. The lowest BCUT2D eigenvalue weighted by molar-refractivity contribution is 0.195. The van der Waals surface area contributed by atoms with Crippen molar-refractivity contribution in [1.29, 1.82) is 0 Å². The zero-order valence-corrected chi connectivity index (χ0v) is 55.1. The number of nitrogens with zero attached hydrogens (tertiary/aromatic N) is 3. The molecule has 0 saturated heterocycles. The fourth-order valence-corrected chi connectivity index (χ4v) is 16.0. The molecule has 87 heavy (non-hydrogen) atoms. The van der Waals surface area contributed by atoms with E-state index < -0.39 is 0 Å². The summed E-state index contributed by atoms with van der Waals surface area (Å²) in [6.45, 7) is 40.5. The van der Waals surface area contributed by atoms with Crippen molar-refractivity contribution >= 4 is 90.4 Å². The van der Waals surface area contributed by atoms with E-state index in [1.807, 2.05) is 0 Å². The van der Waals surface area contributed by atoms with E-state index in [1.165, 1.54) is 96.4 Å².